The summed E-state index contributed by atoms with van der Waals surface area (Å²) in [7, 11) is 1.77. The number of aromatic nitrogens is 4. The minimum Gasteiger partial charge on any atom is -0.543 e. The van der Waals surface area contributed by atoms with Crippen LogP contribution in [0, 0.1) is 0 Å². The van der Waals surface area contributed by atoms with Crippen LogP contribution in [0.3, 0.4) is 0 Å². The number of thioether (sulfide) groups is 1. The van der Waals surface area contributed by atoms with E-state index in [-0.39, 0.29) is 29.0 Å². The van der Waals surface area contributed by atoms with E-state index in [0.29, 0.717) is 17.9 Å². The van der Waals surface area contributed by atoms with Crippen molar-refractivity contribution in [1.82, 2.24) is 24.3 Å². The molecule has 19 heteroatoms. The zero-order valence-corrected chi connectivity index (χ0v) is 25.9. The van der Waals surface area contributed by atoms with Crippen LogP contribution in [0.25, 0.3) is 0 Å². The van der Waals surface area contributed by atoms with Crippen molar-refractivity contribution < 1.29 is 38.9 Å². The van der Waals surface area contributed by atoms with Crippen LogP contribution in [0.5, 0.6) is 0 Å². The summed E-state index contributed by atoms with van der Waals surface area (Å²) in [4.78, 5) is 60.3. The molecular formula is C25H34N10O7S2. The molecule has 1 saturated heterocycles. The summed E-state index contributed by atoms with van der Waals surface area (Å²) in [5.41, 5.74) is 16.3. The van der Waals surface area contributed by atoms with E-state index in [4.69, 9.17) is 22.0 Å². The van der Waals surface area contributed by atoms with Crippen LogP contribution in [-0.4, -0.2) is 82.8 Å². The largest absolute Gasteiger partial charge is 0.543 e. The minimum absolute atomic E-state index is 0.0135. The highest BCUT2D eigenvalue weighted by Gasteiger charge is 2.53. The fourth-order valence-corrected chi connectivity index (χ4v) is 6.34. The molecule has 2 atom stereocenters. The Balaban J connectivity index is 1.52. The van der Waals surface area contributed by atoms with Gasteiger partial charge >= 0.3 is 5.97 Å². The van der Waals surface area contributed by atoms with Crippen LogP contribution in [0.1, 0.15) is 44.5 Å². The third-order valence-electron chi connectivity index (χ3n) is 7.15. The fourth-order valence-electron chi connectivity index (χ4n) is 4.57. The molecule has 2 aromatic rings. The molecule has 0 unspecified atom stereocenters. The number of nitrogen functional groups attached to an aromatic ring is 2. The van der Waals surface area contributed by atoms with Gasteiger partial charge in [-0.3, -0.25) is 14.5 Å². The van der Waals surface area contributed by atoms with Crippen LogP contribution >= 0.6 is 23.3 Å². The lowest BCUT2D eigenvalue weighted by molar-refractivity contribution is -0.765. The number of hydrogen-bond donors (Lipinski definition) is 5. The van der Waals surface area contributed by atoms with Gasteiger partial charge in [0.2, 0.25) is 23.3 Å². The molecule has 238 valence electrons. The van der Waals surface area contributed by atoms with E-state index in [2.05, 4.69) is 19.8 Å². The molecule has 8 N–H and O–H groups in total. The number of carbonyl (C=O) groups is 4. The quantitative estimate of drug-likeness (QED) is 0.0474. The summed E-state index contributed by atoms with van der Waals surface area (Å²) in [6.07, 6.45) is 5.40. The monoisotopic (exact) mass is 650 g/mol. The van der Waals surface area contributed by atoms with Gasteiger partial charge in [-0.05, 0) is 39.7 Å². The van der Waals surface area contributed by atoms with E-state index in [0.717, 1.165) is 47.7 Å². The number of carboxylic acids is 2. The van der Waals surface area contributed by atoms with Crippen LogP contribution in [0.15, 0.2) is 22.6 Å². The van der Waals surface area contributed by atoms with Crippen molar-refractivity contribution in [3.8, 4) is 0 Å². The Kier molecular flexibility index (Phi) is 9.79. The van der Waals surface area contributed by atoms with Gasteiger partial charge in [-0.1, -0.05) is 11.6 Å². The third-order valence-corrected chi connectivity index (χ3v) is 9.03. The number of oxime groups is 1. The second-order valence-corrected chi connectivity index (χ2v) is 12.6. The zero-order valence-electron chi connectivity index (χ0n) is 24.3. The van der Waals surface area contributed by atoms with E-state index < -0.39 is 46.5 Å². The Labute approximate surface area is 260 Å². The molecule has 4 rings (SSSR count). The SMILES string of the molecule is Cn1c(N)c(CCCCCN)c[n+]1CC1=C(C(=O)[O-])N2C(=O)[C@@H](NC(=O)/C(=N\OC(C)(C)C(=O)O)c3nsc(N)n3)[C@H]2SC1. The Bertz CT molecular complexity index is 1530. The number of nitrogens with one attached hydrogen (secondary N) is 1. The number of nitrogens with zero attached hydrogens (tertiary/aromatic N) is 6. The number of β-lactam (4-membered cyclic amide) rings is 1. The first-order valence-corrected chi connectivity index (χ1v) is 15.4. The molecular weight excluding hydrogens is 616 g/mol. The summed E-state index contributed by atoms with van der Waals surface area (Å²) in [6, 6.07) is -1.13. The van der Waals surface area contributed by atoms with E-state index >= 15 is 0 Å². The van der Waals surface area contributed by atoms with Crippen LogP contribution in [0.2, 0.25) is 0 Å². The van der Waals surface area contributed by atoms with Gasteiger partial charge in [0, 0.05) is 22.9 Å². The average Bonchev–Trinajstić information content (AvgIpc) is 3.51. The number of carboxylic acid groups (broad SMARTS) is 2. The highest BCUT2D eigenvalue weighted by Crippen LogP contribution is 2.40. The molecule has 0 aromatic carbocycles. The standard InChI is InChI=1S/C25H34N10O7S2/c1-25(2,23(40)41)42-31-14(18-30-24(28)44-32-18)19(36)29-15-20(37)35-16(22(38)39)13(11-43-21(15)35)10-34-9-12(17(27)33(34)3)7-5-4-6-8-26/h9,15,21,27H,4-8,10-11,26H2,1-3H3,(H5,28,29,30,32,36,38,39,40,41)/b31-14-/t15-,21-/m1/s1. The van der Waals surface area contributed by atoms with Crippen molar-refractivity contribution in [2.45, 2.75) is 63.1 Å². The van der Waals surface area contributed by atoms with Crippen molar-refractivity contribution in [1.29, 1.82) is 0 Å². The van der Waals surface area contributed by atoms with Gasteiger partial charge in [0.15, 0.2) is 17.5 Å². The first kappa shape index (κ1) is 32.7. The Morgan fingerprint density at radius 3 is 2.64 bits per heavy atom. The van der Waals surface area contributed by atoms with Gasteiger partial charge in [-0.15, -0.1) is 21.1 Å². The number of aryl methyl sites for hydroxylation is 1. The summed E-state index contributed by atoms with van der Waals surface area (Å²) < 4.78 is 7.44. The molecule has 1 fully saturated rings. The number of unbranched alkanes of at least 4 members (excludes halogenated alkanes) is 2. The molecule has 0 aliphatic carbocycles. The smallest absolute Gasteiger partial charge is 0.350 e. The maximum Gasteiger partial charge on any atom is 0.350 e. The maximum atomic E-state index is 13.2. The van der Waals surface area contributed by atoms with Crippen LogP contribution < -0.4 is 32.3 Å². The molecule has 0 saturated carbocycles. The molecule has 4 heterocycles. The van der Waals surface area contributed by atoms with Crippen LogP contribution in [-0.2, 0) is 44.0 Å². The summed E-state index contributed by atoms with van der Waals surface area (Å²) >= 11 is 2.03. The zero-order chi connectivity index (χ0) is 32.3. The second-order valence-electron chi connectivity index (χ2n) is 10.7. The first-order valence-electron chi connectivity index (χ1n) is 13.6. The number of nitrogens with two attached hydrogens (primary N) is 3. The average molecular weight is 651 g/mol. The van der Waals surface area contributed by atoms with Crippen molar-refractivity contribution in [2.75, 3.05) is 23.8 Å². The predicted molar refractivity (Wildman–Crippen MR) is 157 cm³/mol. The van der Waals surface area contributed by atoms with Gasteiger partial charge < -0.3 is 42.4 Å². The lowest BCUT2D eigenvalue weighted by atomic mass is 10.0. The van der Waals surface area contributed by atoms with E-state index in [9.17, 15) is 29.4 Å². The molecule has 2 aromatic heterocycles. The number of carbonyl (C=O) groups excluding carboxylic acids is 3. The molecule has 0 spiro atoms. The number of fused-ring (bicyclic) bond motifs is 1. The fraction of sp³-hybridized carbons (Fsp3) is 0.520. The number of anilines is 2. The first-order chi connectivity index (χ1) is 20.8. The van der Waals surface area contributed by atoms with Gasteiger partial charge in [-0.25, -0.2) is 4.79 Å². The highest BCUT2D eigenvalue weighted by molar-refractivity contribution is 8.00. The summed E-state index contributed by atoms with van der Waals surface area (Å²) in [5.74, 6) is -3.94. The molecule has 0 radical (unpaired) electrons. The van der Waals surface area contributed by atoms with Gasteiger partial charge in [-0.2, -0.15) is 9.36 Å². The van der Waals surface area contributed by atoms with Gasteiger partial charge in [0.05, 0.1) is 24.3 Å². The topological polar surface area (TPSA) is 261 Å². The van der Waals surface area contributed by atoms with E-state index in [1.165, 1.54) is 25.6 Å². The van der Waals surface area contributed by atoms with E-state index in [1.54, 1.807) is 16.4 Å². The third kappa shape index (κ3) is 6.63. The van der Waals surface area contributed by atoms with Gasteiger partial charge in [0.25, 0.3) is 11.8 Å². The van der Waals surface area contributed by atoms with Gasteiger partial charge in [0.1, 0.15) is 11.4 Å². The highest BCUT2D eigenvalue weighted by atomic mass is 32.2. The Morgan fingerprint density at radius 1 is 1.30 bits per heavy atom. The Hall–Kier alpha value is -4.23. The Morgan fingerprint density at radius 2 is 2.02 bits per heavy atom. The minimum atomic E-state index is -1.80. The number of hydrogen-bond acceptors (Lipinski definition) is 14. The van der Waals surface area contributed by atoms with Crippen molar-refractivity contribution in [2.24, 2.45) is 17.9 Å². The van der Waals surface area contributed by atoms with E-state index in [1.807, 2.05) is 6.20 Å². The molecule has 0 bridgehead atoms. The normalized spacial score (nSPS) is 18.6. The van der Waals surface area contributed by atoms with Crippen molar-refractivity contribution in [3.05, 3.63) is 28.9 Å². The predicted octanol–water partition coefficient (Wildman–Crippen LogP) is -2.31. The van der Waals surface area contributed by atoms with Crippen molar-refractivity contribution in [3.63, 3.8) is 0 Å². The lowest BCUT2D eigenvalue weighted by Crippen LogP contribution is -2.71. The van der Waals surface area contributed by atoms with Crippen LogP contribution in [0.4, 0.5) is 10.9 Å². The summed E-state index contributed by atoms with van der Waals surface area (Å²) in [6.45, 7) is 3.22. The second kappa shape index (κ2) is 13.2. The number of aliphatic carboxylic acids is 2. The number of rotatable bonds is 14. The summed E-state index contributed by atoms with van der Waals surface area (Å²) in [5, 5.41) is 27.1. The maximum absolute atomic E-state index is 13.2. The molecule has 2 aliphatic rings. The molecule has 44 heavy (non-hydrogen) atoms. The molecule has 2 amide bonds. The number of amides is 2. The lowest BCUT2D eigenvalue weighted by Gasteiger charge is -2.50. The molecule has 2 aliphatic heterocycles. The molecule has 17 nitrogen and oxygen atoms in total. The van der Waals surface area contributed by atoms with Crippen molar-refractivity contribution >= 4 is 63.7 Å².